The normalized spacial score (nSPS) is 10.6. The minimum absolute atomic E-state index is 0.152. The zero-order valence-electron chi connectivity index (χ0n) is 14.9. The maximum atomic E-state index is 12.3. The Morgan fingerprint density at radius 2 is 1.93 bits per heavy atom. The van der Waals surface area contributed by atoms with E-state index in [2.05, 4.69) is 10.6 Å². The molecule has 0 heterocycles. The number of non-ortho nitro benzene ring substituents is 1. The number of nitriles is 1. The number of ether oxygens (including phenoxy) is 2. The van der Waals surface area contributed by atoms with Gasteiger partial charge in [-0.25, -0.2) is 0 Å². The van der Waals surface area contributed by atoms with Crippen molar-refractivity contribution in [2.24, 2.45) is 0 Å². The zero-order chi connectivity index (χ0) is 20.7. The molecular formula is C18H15ClN4O5. The van der Waals surface area contributed by atoms with Crippen LogP contribution in [0.5, 0.6) is 11.5 Å². The van der Waals surface area contributed by atoms with E-state index in [-0.39, 0.29) is 17.0 Å². The maximum absolute atomic E-state index is 12.3. The van der Waals surface area contributed by atoms with E-state index in [1.54, 1.807) is 18.2 Å². The molecule has 9 nitrogen and oxygen atoms in total. The number of halogens is 1. The number of methoxy groups -OCH3 is 2. The van der Waals surface area contributed by atoms with Crippen molar-refractivity contribution in [3.05, 3.63) is 63.3 Å². The molecule has 0 aliphatic carbocycles. The number of hydrogen-bond donors (Lipinski definition) is 2. The Bertz CT molecular complexity index is 984. The standard InChI is InChI=1S/C18H15ClN4O5/c1-27-16-6-3-12(7-14(16)19)22-18(24)11(9-20)10-21-15-5-4-13(23(25)26)8-17(15)28-2/h3-8,10,21H,1-2H3,(H,22,24)/b11-10-. The van der Waals surface area contributed by atoms with Gasteiger partial charge in [0.2, 0.25) is 0 Å². The Labute approximate surface area is 165 Å². The molecule has 0 saturated heterocycles. The molecule has 2 aromatic carbocycles. The molecule has 0 aromatic heterocycles. The third-order valence-electron chi connectivity index (χ3n) is 3.54. The van der Waals surface area contributed by atoms with E-state index >= 15 is 0 Å². The molecule has 0 bridgehead atoms. The smallest absolute Gasteiger partial charge is 0.273 e. The number of carbonyl (C=O) groups excluding carboxylic acids is 1. The summed E-state index contributed by atoms with van der Waals surface area (Å²) in [7, 11) is 2.81. The quantitative estimate of drug-likeness (QED) is 0.312. The summed E-state index contributed by atoms with van der Waals surface area (Å²) in [6.07, 6.45) is 1.17. The molecule has 0 unspecified atom stereocenters. The van der Waals surface area contributed by atoms with Crippen LogP contribution in [0.25, 0.3) is 0 Å². The Morgan fingerprint density at radius 1 is 1.21 bits per heavy atom. The molecule has 0 aliphatic heterocycles. The topological polar surface area (TPSA) is 127 Å². The molecule has 2 aromatic rings. The number of anilines is 2. The first-order valence-electron chi connectivity index (χ1n) is 7.73. The number of carbonyl (C=O) groups is 1. The lowest BCUT2D eigenvalue weighted by Crippen LogP contribution is -2.14. The summed E-state index contributed by atoms with van der Waals surface area (Å²) in [4.78, 5) is 22.6. The SMILES string of the molecule is COc1ccc(NC(=O)/C(C#N)=C\Nc2ccc([N+](=O)[O-])cc2OC)cc1Cl. The van der Waals surface area contributed by atoms with Gasteiger partial charge in [0.05, 0.1) is 35.9 Å². The van der Waals surface area contributed by atoms with Gasteiger partial charge in [0.15, 0.2) is 0 Å². The molecule has 0 saturated carbocycles. The minimum atomic E-state index is -0.669. The molecular weight excluding hydrogens is 388 g/mol. The third kappa shape index (κ3) is 4.90. The highest BCUT2D eigenvalue weighted by Gasteiger charge is 2.13. The lowest BCUT2D eigenvalue weighted by atomic mass is 10.2. The second-order valence-corrected chi connectivity index (χ2v) is 5.67. The molecule has 10 heteroatoms. The fourth-order valence-electron chi connectivity index (χ4n) is 2.15. The molecule has 1 amide bonds. The van der Waals surface area contributed by atoms with Gasteiger partial charge in [-0.1, -0.05) is 11.6 Å². The van der Waals surface area contributed by atoms with Crippen LogP contribution < -0.4 is 20.1 Å². The van der Waals surface area contributed by atoms with Crippen molar-refractivity contribution in [3.8, 4) is 17.6 Å². The first kappa shape index (κ1) is 20.5. The molecule has 0 radical (unpaired) electrons. The lowest BCUT2D eigenvalue weighted by molar-refractivity contribution is -0.384. The van der Waals surface area contributed by atoms with E-state index in [1.165, 1.54) is 44.7 Å². The van der Waals surface area contributed by atoms with Gasteiger partial charge in [0.25, 0.3) is 11.6 Å². The van der Waals surface area contributed by atoms with Crippen LogP contribution in [-0.4, -0.2) is 25.1 Å². The van der Waals surface area contributed by atoms with Crippen molar-refractivity contribution in [2.45, 2.75) is 0 Å². The Balaban J connectivity index is 2.17. The van der Waals surface area contributed by atoms with Crippen molar-refractivity contribution in [2.75, 3.05) is 24.9 Å². The fourth-order valence-corrected chi connectivity index (χ4v) is 2.41. The number of hydrogen-bond acceptors (Lipinski definition) is 7. The number of nitro benzene ring substituents is 1. The molecule has 2 rings (SSSR count). The van der Waals surface area contributed by atoms with Gasteiger partial charge in [-0.15, -0.1) is 0 Å². The highest BCUT2D eigenvalue weighted by molar-refractivity contribution is 6.32. The van der Waals surface area contributed by atoms with Gasteiger partial charge in [-0.3, -0.25) is 14.9 Å². The monoisotopic (exact) mass is 402 g/mol. The van der Waals surface area contributed by atoms with Crippen LogP contribution in [0.1, 0.15) is 0 Å². The maximum Gasteiger partial charge on any atom is 0.273 e. The van der Waals surface area contributed by atoms with Gasteiger partial charge in [-0.05, 0) is 24.3 Å². The molecule has 0 atom stereocenters. The van der Waals surface area contributed by atoms with E-state index in [1.807, 2.05) is 0 Å². The zero-order valence-corrected chi connectivity index (χ0v) is 15.6. The van der Waals surface area contributed by atoms with Crippen molar-refractivity contribution in [1.82, 2.24) is 0 Å². The molecule has 0 spiro atoms. The van der Waals surface area contributed by atoms with Crippen LogP contribution in [0.2, 0.25) is 5.02 Å². The van der Waals surface area contributed by atoms with Crippen molar-refractivity contribution < 1.29 is 19.2 Å². The summed E-state index contributed by atoms with van der Waals surface area (Å²) in [5.41, 5.74) is 0.347. The minimum Gasteiger partial charge on any atom is -0.495 e. The summed E-state index contributed by atoms with van der Waals surface area (Å²) in [6.45, 7) is 0. The number of nitrogens with one attached hydrogen (secondary N) is 2. The van der Waals surface area contributed by atoms with E-state index in [4.69, 9.17) is 21.1 Å². The van der Waals surface area contributed by atoms with Crippen LogP contribution in [0, 0.1) is 21.4 Å². The van der Waals surface area contributed by atoms with Gasteiger partial charge < -0.3 is 20.1 Å². The predicted octanol–water partition coefficient (Wildman–Crippen LogP) is 3.72. The Morgan fingerprint density at radius 3 is 2.50 bits per heavy atom. The van der Waals surface area contributed by atoms with Crippen molar-refractivity contribution in [1.29, 1.82) is 5.26 Å². The number of nitrogens with zero attached hydrogens (tertiary/aromatic N) is 2. The Hall–Kier alpha value is -3.77. The van der Waals surface area contributed by atoms with Gasteiger partial charge in [0.1, 0.15) is 23.1 Å². The summed E-state index contributed by atoms with van der Waals surface area (Å²) >= 11 is 6.01. The average molecular weight is 403 g/mol. The van der Waals surface area contributed by atoms with Crippen molar-refractivity contribution in [3.63, 3.8) is 0 Å². The van der Waals surface area contributed by atoms with Gasteiger partial charge >= 0.3 is 0 Å². The molecule has 0 fully saturated rings. The molecule has 0 aliphatic rings. The average Bonchev–Trinajstić information content (AvgIpc) is 2.68. The number of rotatable bonds is 7. The Kier molecular flexibility index (Phi) is 6.79. The highest BCUT2D eigenvalue weighted by Crippen LogP contribution is 2.29. The highest BCUT2D eigenvalue weighted by atomic mass is 35.5. The molecule has 2 N–H and O–H groups in total. The van der Waals surface area contributed by atoms with Crippen LogP contribution in [-0.2, 0) is 4.79 Å². The number of amides is 1. The summed E-state index contributed by atoms with van der Waals surface area (Å²) in [5.74, 6) is -0.0372. The summed E-state index contributed by atoms with van der Waals surface area (Å²) < 4.78 is 10.1. The second kappa shape index (κ2) is 9.25. The van der Waals surface area contributed by atoms with Crippen LogP contribution in [0.4, 0.5) is 17.1 Å². The van der Waals surface area contributed by atoms with Gasteiger partial charge in [-0.2, -0.15) is 5.26 Å². The number of benzene rings is 2. The fraction of sp³-hybridized carbons (Fsp3) is 0.111. The summed E-state index contributed by atoms with van der Waals surface area (Å²) in [6, 6.07) is 10.3. The number of nitro groups is 1. The van der Waals surface area contributed by atoms with Gasteiger partial charge in [0, 0.05) is 18.0 Å². The van der Waals surface area contributed by atoms with Crippen LogP contribution in [0.3, 0.4) is 0 Å². The van der Waals surface area contributed by atoms with Crippen molar-refractivity contribution >= 4 is 34.6 Å². The second-order valence-electron chi connectivity index (χ2n) is 5.26. The van der Waals surface area contributed by atoms with E-state index < -0.39 is 10.8 Å². The van der Waals surface area contributed by atoms with E-state index in [0.29, 0.717) is 22.1 Å². The van der Waals surface area contributed by atoms with Crippen LogP contribution in [0.15, 0.2) is 48.2 Å². The summed E-state index contributed by atoms with van der Waals surface area (Å²) in [5, 5.41) is 25.7. The molecule has 28 heavy (non-hydrogen) atoms. The lowest BCUT2D eigenvalue weighted by Gasteiger charge is -2.09. The first-order chi connectivity index (χ1) is 13.4. The van der Waals surface area contributed by atoms with Crippen LogP contribution >= 0.6 is 11.6 Å². The largest absolute Gasteiger partial charge is 0.495 e. The van der Waals surface area contributed by atoms with E-state index in [9.17, 15) is 20.2 Å². The predicted molar refractivity (Wildman–Crippen MR) is 104 cm³/mol. The third-order valence-corrected chi connectivity index (χ3v) is 3.84. The van der Waals surface area contributed by atoms with E-state index in [0.717, 1.165) is 0 Å². The first-order valence-corrected chi connectivity index (χ1v) is 8.11. The molecule has 144 valence electrons.